The van der Waals surface area contributed by atoms with E-state index in [1.807, 2.05) is 24.3 Å². The summed E-state index contributed by atoms with van der Waals surface area (Å²) in [7, 11) is -1.49. The predicted octanol–water partition coefficient (Wildman–Crippen LogP) is 4.19. The number of rotatable bonds is 3. The summed E-state index contributed by atoms with van der Waals surface area (Å²) in [6.07, 6.45) is 0. The normalized spacial score (nSPS) is 11.8. The minimum atomic E-state index is -1.49. The van der Waals surface area contributed by atoms with Crippen molar-refractivity contribution >= 4 is 34.8 Å². The van der Waals surface area contributed by atoms with Crippen molar-refractivity contribution in [1.29, 1.82) is 0 Å². The fourth-order valence-corrected chi connectivity index (χ4v) is 4.01. The number of hydrogen-bond acceptors (Lipinski definition) is 0. The zero-order valence-electron chi connectivity index (χ0n) is 10.5. The molecule has 2 aromatic carbocycles. The van der Waals surface area contributed by atoms with Crippen molar-refractivity contribution in [3.05, 3.63) is 65.7 Å². The Morgan fingerprint density at radius 1 is 0.833 bits per heavy atom. The molecular weight excluding hydrogens is 279 g/mol. The Kier molecular flexibility index (Phi) is 4.16. The maximum Gasteiger partial charge on any atom is 0.307 e. The van der Waals surface area contributed by atoms with Crippen LogP contribution in [0.15, 0.2) is 54.6 Å². The van der Waals surface area contributed by atoms with Crippen molar-refractivity contribution < 1.29 is 0 Å². The Morgan fingerprint density at radius 2 is 1.39 bits per heavy atom. The molecule has 0 aliphatic heterocycles. The third-order valence-corrected chi connectivity index (χ3v) is 5.36. The number of hydrogen-bond donors (Lipinski definition) is 0. The molecule has 0 amide bonds. The molecule has 0 aromatic heterocycles. The molecule has 1 radical (unpaired) electrons. The molecule has 0 fully saturated rings. The van der Waals surface area contributed by atoms with Crippen LogP contribution in [0.25, 0.3) is 0 Å². The van der Waals surface area contributed by atoms with Gasteiger partial charge < -0.3 is 0 Å². The highest BCUT2D eigenvalue weighted by Gasteiger charge is 2.27. The van der Waals surface area contributed by atoms with Crippen LogP contribution in [0, 0.1) is 0 Å². The molecule has 3 heteroatoms. The van der Waals surface area contributed by atoms with Gasteiger partial charge >= 0.3 is 7.42 Å². The van der Waals surface area contributed by atoms with Gasteiger partial charge in [0.05, 0.1) is 0 Å². The van der Waals surface area contributed by atoms with E-state index in [-0.39, 0.29) is 5.41 Å². The van der Waals surface area contributed by atoms with Crippen LogP contribution >= 0.6 is 22.2 Å². The second-order valence-electron chi connectivity index (χ2n) is 4.80. The Balaban J connectivity index is 2.54. The number of benzene rings is 2. The minimum Gasteiger partial charge on any atom is -0.140 e. The SMILES string of the molecule is CC(C)(c1ccccc1)c1ccccc1[Si](Cl)Cl. The lowest BCUT2D eigenvalue weighted by Crippen LogP contribution is -2.32. The van der Waals surface area contributed by atoms with E-state index in [0.29, 0.717) is 0 Å². The van der Waals surface area contributed by atoms with E-state index in [0.717, 1.165) is 5.19 Å². The minimum absolute atomic E-state index is 0.0858. The first kappa shape index (κ1) is 13.7. The molecule has 0 nitrogen and oxygen atoms in total. The smallest absolute Gasteiger partial charge is 0.140 e. The molecule has 0 saturated carbocycles. The molecule has 0 N–H and O–H groups in total. The summed E-state index contributed by atoms with van der Waals surface area (Å²) >= 11 is 12.3. The second kappa shape index (κ2) is 5.48. The Morgan fingerprint density at radius 3 is 2.00 bits per heavy atom. The molecule has 18 heavy (non-hydrogen) atoms. The molecule has 0 atom stereocenters. The predicted molar refractivity (Wildman–Crippen MR) is 82.1 cm³/mol. The largest absolute Gasteiger partial charge is 0.307 e. The highest BCUT2D eigenvalue weighted by atomic mass is 35.7. The first-order valence-corrected chi connectivity index (χ1v) is 9.39. The van der Waals surface area contributed by atoms with Crippen LogP contribution in [-0.4, -0.2) is 7.42 Å². The van der Waals surface area contributed by atoms with Gasteiger partial charge in [-0.1, -0.05) is 68.4 Å². The number of halogens is 2. The van der Waals surface area contributed by atoms with Gasteiger partial charge in [0.25, 0.3) is 0 Å². The third-order valence-electron chi connectivity index (χ3n) is 3.30. The molecule has 2 aromatic rings. The van der Waals surface area contributed by atoms with Gasteiger partial charge in [0.2, 0.25) is 0 Å². The van der Waals surface area contributed by atoms with Crippen molar-refractivity contribution in [2.45, 2.75) is 19.3 Å². The first-order valence-electron chi connectivity index (χ1n) is 5.87. The fourth-order valence-electron chi connectivity index (χ4n) is 2.20. The van der Waals surface area contributed by atoms with Crippen LogP contribution in [0.2, 0.25) is 0 Å². The van der Waals surface area contributed by atoms with Crippen molar-refractivity contribution in [2.24, 2.45) is 0 Å². The summed E-state index contributed by atoms with van der Waals surface area (Å²) in [4.78, 5) is 0. The summed E-state index contributed by atoms with van der Waals surface area (Å²) in [5, 5.41) is 1.08. The molecule has 0 spiro atoms. The van der Waals surface area contributed by atoms with Crippen LogP contribution < -0.4 is 5.19 Å². The van der Waals surface area contributed by atoms with Gasteiger partial charge in [-0.05, 0) is 16.3 Å². The van der Waals surface area contributed by atoms with Gasteiger partial charge in [-0.2, -0.15) is 0 Å². The zero-order valence-corrected chi connectivity index (χ0v) is 13.0. The van der Waals surface area contributed by atoms with E-state index in [2.05, 4.69) is 44.2 Å². The molecule has 0 bridgehead atoms. The molecule has 2 rings (SSSR count). The summed E-state index contributed by atoms with van der Waals surface area (Å²) in [5.41, 5.74) is 2.40. The van der Waals surface area contributed by atoms with E-state index in [9.17, 15) is 0 Å². The van der Waals surface area contributed by atoms with Gasteiger partial charge in [-0.25, -0.2) is 0 Å². The zero-order chi connectivity index (χ0) is 13.2. The van der Waals surface area contributed by atoms with Crippen molar-refractivity contribution in [1.82, 2.24) is 0 Å². The quantitative estimate of drug-likeness (QED) is 0.588. The lowest BCUT2D eigenvalue weighted by Gasteiger charge is -2.28. The topological polar surface area (TPSA) is 0 Å². The van der Waals surface area contributed by atoms with Gasteiger partial charge in [-0.3, -0.25) is 0 Å². The summed E-state index contributed by atoms with van der Waals surface area (Å²) in [5.74, 6) is 0. The summed E-state index contributed by atoms with van der Waals surface area (Å²) in [6.45, 7) is 4.42. The van der Waals surface area contributed by atoms with E-state index in [1.165, 1.54) is 11.1 Å². The highest BCUT2D eigenvalue weighted by Crippen LogP contribution is 2.30. The maximum atomic E-state index is 6.17. The molecular formula is C15H15Cl2Si. The van der Waals surface area contributed by atoms with Gasteiger partial charge in [0, 0.05) is 5.41 Å². The molecule has 0 unspecified atom stereocenters. The van der Waals surface area contributed by atoms with E-state index in [4.69, 9.17) is 22.2 Å². The third kappa shape index (κ3) is 2.63. The average Bonchev–Trinajstić information content (AvgIpc) is 2.39. The van der Waals surface area contributed by atoms with E-state index < -0.39 is 7.42 Å². The van der Waals surface area contributed by atoms with Gasteiger partial charge in [-0.15, -0.1) is 22.2 Å². The molecule has 93 valence electrons. The van der Waals surface area contributed by atoms with Crippen molar-refractivity contribution in [3.8, 4) is 0 Å². The van der Waals surface area contributed by atoms with Crippen molar-refractivity contribution in [2.75, 3.05) is 0 Å². The van der Waals surface area contributed by atoms with Gasteiger partial charge in [0.1, 0.15) is 0 Å². The van der Waals surface area contributed by atoms with Gasteiger partial charge in [0.15, 0.2) is 0 Å². The lowest BCUT2D eigenvalue weighted by atomic mass is 9.78. The van der Waals surface area contributed by atoms with Crippen LogP contribution in [0.1, 0.15) is 25.0 Å². The standard InChI is InChI=1S/C15H15Cl2Si/c1-15(2,12-8-4-3-5-9-12)13-10-6-7-11-14(13)18(16)17/h3-11H,1-2H3. The van der Waals surface area contributed by atoms with E-state index >= 15 is 0 Å². The Hall–Kier alpha value is -0.763. The van der Waals surface area contributed by atoms with Crippen LogP contribution in [0.3, 0.4) is 0 Å². The lowest BCUT2D eigenvalue weighted by molar-refractivity contribution is 0.645. The fraction of sp³-hybridized carbons (Fsp3) is 0.200. The Bertz CT molecular complexity index is 521. The second-order valence-corrected chi connectivity index (χ2v) is 8.70. The monoisotopic (exact) mass is 293 g/mol. The molecule has 0 aliphatic carbocycles. The molecule has 0 aliphatic rings. The molecule has 0 heterocycles. The average molecular weight is 294 g/mol. The van der Waals surface area contributed by atoms with Crippen LogP contribution in [-0.2, 0) is 5.41 Å². The molecule has 0 saturated heterocycles. The summed E-state index contributed by atoms with van der Waals surface area (Å²) < 4.78 is 0. The summed E-state index contributed by atoms with van der Waals surface area (Å²) in [6, 6.07) is 18.6. The Labute approximate surface area is 120 Å². The van der Waals surface area contributed by atoms with Crippen LogP contribution in [0.4, 0.5) is 0 Å². The van der Waals surface area contributed by atoms with E-state index in [1.54, 1.807) is 0 Å². The van der Waals surface area contributed by atoms with Crippen molar-refractivity contribution in [3.63, 3.8) is 0 Å². The maximum absolute atomic E-state index is 6.17. The van der Waals surface area contributed by atoms with Crippen LogP contribution in [0.5, 0.6) is 0 Å². The highest BCUT2D eigenvalue weighted by molar-refractivity contribution is 7.39. The first-order chi connectivity index (χ1) is 8.53.